The summed E-state index contributed by atoms with van der Waals surface area (Å²) in [6.07, 6.45) is 0. The fraction of sp³-hybridized carbons (Fsp3) is 0.250. The molecular weight excluding hydrogens is 301 g/mol. The summed E-state index contributed by atoms with van der Waals surface area (Å²) in [5.74, 6) is -2.28. The van der Waals surface area contributed by atoms with Gasteiger partial charge in [0.05, 0.1) is 12.5 Å². The first-order chi connectivity index (χ1) is 9.85. The zero-order chi connectivity index (χ0) is 15.7. The number of benzene rings is 2. The van der Waals surface area contributed by atoms with Gasteiger partial charge in [-0.1, -0.05) is 12.1 Å². The standard InChI is InChI=1S/C16H14ClF3O/c1-8-4-10(5-9(2)16(8)21-3)15(17)14-12(19)6-11(18)7-13(14)20/h4-7,15H,1-3H3. The van der Waals surface area contributed by atoms with Gasteiger partial charge in [0.25, 0.3) is 0 Å². The molecule has 0 saturated carbocycles. The summed E-state index contributed by atoms with van der Waals surface area (Å²) in [5.41, 5.74) is 1.78. The summed E-state index contributed by atoms with van der Waals surface area (Å²) in [4.78, 5) is 0. The molecule has 2 aromatic carbocycles. The predicted octanol–water partition coefficient (Wildman–Crippen LogP) is 5.06. The van der Waals surface area contributed by atoms with Gasteiger partial charge in [-0.15, -0.1) is 11.6 Å². The molecule has 1 unspecified atom stereocenters. The van der Waals surface area contributed by atoms with Crippen LogP contribution in [-0.4, -0.2) is 7.11 Å². The Hall–Kier alpha value is -1.68. The summed E-state index contributed by atoms with van der Waals surface area (Å²) < 4.78 is 45.8. The van der Waals surface area contributed by atoms with Crippen molar-refractivity contribution < 1.29 is 17.9 Å². The van der Waals surface area contributed by atoms with Crippen molar-refractivity contribution in [2.75, 3.05) is 7.11 Å². The van der Waals surface area contributed by atoms with E-state index in [0.29, 0.717) is 23.4 Å². The third-order valence-corrected chi connectivity index (χ3v) is 3.75. The van der Waals surface area contributed by atoms with E-state index in [0.717, 1.165) is 11.1 Å². The van der Waals surface area contributed by atoms with Gasteiger partial charge in [0.2, 0.25) is 0 Å². The molecular formula is C16H14ClF3O. The quantitative estimate of drug-likeness (QED) is 0.720. The number of hydrogen-bond acceptors (Lipinski definition) is 1. The Morgan fingerprint density at radius 3 is 1.86 bits per heavy atom. The van der Waals surface area contributed by atoms with Gasteiger partial charge in [-0.25, -0.2) is 13.2 Å². The highest BCUT2D eigenvalue weighted by Gasteiger charge is 2.22. The minimum atomic E-state index is -1.05. The van der Waals surface area contributed by atoms with E-state index in [9.17, 15) is 13.2 Å². The minimum absolute atomic E-state index is 0.359. The predicted molar refractivity (Wildman–Crippen MR) is 76.5 cm³/mol. The topological polar surface area (TPSA) is 9.23 Å². The molecule has 112 valence electrons. The zero-order valence-electron chi connectivity index (χ0n) is 11.8. The lowest BCUT2D eigenvalue weighted by Crippen LogP contribution is -2.04. The van der Waals surface area contributed by atoms with Crippen molar-refractivity contribution in [2.24, 2.45) is 0 Å². The number of halogens is 4. The number of methoxy groups -OCH3 is 1. The molecule has 0 fully saturated rings. The maximum Gasteiger partial charge on any atom is 0.134 e. The van der Waals surface area contributed by atoms with Crippen LogP contribution in [0.2, 0.25) is 0 Å². The van der Waals surface area contributed by atoms with Gasteiger partial charge in [0.1, 0.15) is 23.2 Å². The minimum Gasteiger partial charge on any atom is -0.496 e. The average Bonchev–Trinajstić information content (AvgIpc) is 2.36. The SMILES string of the molecule is COc1c(C)cc(C(Cl)c2c(F)cc(F)cc2F)cc1C. The number of alkyl halides is 1. The molecule has 0 saturated heterocycles. The van der Waals surface area contributed by atoms with Gasteiger partial charge in [-0.2, -0.15) is 0 Å². The Kier molecular flexibility index (Phi) is 4.47. The molecule has 0 radical (unpaired) electrons. The van der Waals surface area contributed by atoms with Crippen molar-refractivity contribution in [3.63, 3.8) is 0 Å². The van der Waals surface area contributed by atoms with E-state index < -0.39 is 22.8 Å². The smallest absolute Gasteiger partial charge is 0.134 e. The fourth-order valence-electron chi connectivity index (χ4n) is 2.41. The van der Waals surface area contributed by atoms with Gasteiger partial charge < -0.3 is 4.74 Å². The molecule has 0 spiro atoms. The lowest BCUT2D eigenvalue weighted by molar-refractivity contribution is 0.408. The molecule has 21 heavy (non-hydrogen) atoms. The van der Waals surface area contributed by atoms with Crippen molar-refractivity contribution >= 4 is 11.6 Å². The maximum absolute atomic E-state index is 13.8. The molecule has 0 N–H and O–H groups in total. The lowest BCUT2D eigenvalue weighted by Gasteiger charge is -2.16. The highest BCUT2D eigenvalue weighted by atomic mass is 35.5. The molecule has 0 heterocycles. The second kappa shape index (κ2) is 5.98. The lowest BCUT2D eigenvalue weighted by atomic mass is 9.98. The van der Waals surface area contributed by atoms with Crippen LogP contribution in [0.1, 0.15) is 27.6 Å². The Bertz CT molecular complexity index is 639. The molecule has 2 rings (SSSR count). The van der Waals surface area contributed by atoms with Crippen LogP contribution >= 0.6 is 11.6 Å². The zero-order valence-corrected chi connectivity index (χ0v) is 12.6. The number of ether oxygens (including phenoxy) is 1. The fourth-order valence-corrected chi connectivity index (χ4v) is 2.75. The highest BCUT2D eigenvalue weighted by Crippen LogP contribution is 2.36. The van der Waals surface area contributed by atoms with Crippen molar-refractivity contribution in [3.05, 3.63) is 64.0 Å². The first-order valence-corrected chi connectivity index (χ1v) is 6.72. The van der Waals surface area contributed by atoms with Crippen LogP contribution in [0.4, 0.5) is 13.2 Å². The van der Waals surface area contributed by atoms with E-state index >= 15 is 0 Å². The highest BCUT2D eigenvalue weighted by molar-refractivity contribution is 6.22. The monoisotopic (exact) mass is 314 g/mol. The third-order valence-electron chi connectivity index (χ3n) is 3.28. The van der Waals surface area contributed by atoms with Crippen LogP contribution in [0.15, 0.2) is 24.3 Å². The van der Waals surface area contributed by atoms with Gasteiger partial charge in [-0.05, 0) is 30.5 Å². The van der Waals surface area contributed by atoms with Crippen LogP contribution < -0.4 is 4.74 Å². The van der Waals surface area contributed by atoms with Gasteiger partial charge in [-0.3, -0.25) is 0 Å². The molecule has 0 aromatic heterocycles. The Morgan fingerprint density at radius 2 is 1.43 bits per heavy atom. The summed E-state index contributed by atoms with van der Waals surface area (Å²) in [5, 5.41) is -1.05. The summed E-state index contributed by atoms with van der Waals surface area (Å²) in [6.45, 7) is 3.63. The average molecular weight is 315 g/mol. The van der Waals surface area contributed by atoms with Crippen molar-refractivity contribution in [2.45, 2.75) is 19.2 Å². The van der Waals surface area contributed by atoms with Crippen LogP contribution in [0.3, 0.4) is 0 Å². The van der Waals surface area contributed by atoms with E-state index in [-0.39, 0.29) is 5.56 Å². The van der Waals surface area contributed by atoms with Crippen LogP contribution in [0.5, 0.6) is 5.75 Å². The first-order valence-electron chi connectivity index (χ1n) is 6.28. The summed E-state index contributed by atoms with van der Waals surface area (Å²) >= 11 is 6.19. The van der Waals surface area contributed by atoms with Crippen molar-refractivity contribution in [1.29, 1.82) is 0 Å². The number of aryl methyl sites for hydroxylation is 2. The van der Waals surface area contributed by atoms with Crippen LogP contribution in [0, 0.1) is 31.3 Å². The molecule has 5 heteroatoms. The molecule has 2 aromatic rings. The van der Waals surface area contributed by atoms with Crippen molar-refractivity contribution in [1.82, 2.24) is 0 Å². The van der Waals surface area contributed by atoms with Gasteiger partial charge >= 0.3 is 0 Å². The van der Waals surface area contributed by atoms with E-state index in [2.05, 4.69) is 0 Å². The summed E-state index contributed by atoms with van der Waals surface area (Å²) in [7, 11) is 1.55. The molecule has 0 aliphatic heterocycles. The molecule has 1 nitrogen and oxygen atoms in total. The van der Waals surface area contributed by atoms with Crippen LogP contribution in [-0.2, 0) is 0 Å². The molecule has 1 atom stereocenters. The second-order valence-corrected chi connectivity index (χ2v) is 5.27. The third kappa shape index (κ3) is 3.00. The molecule has 0 aliphatic carbocycles. The van der Waals surface area contributed by atoms with Gasteiger partial charge in [0.15, 0.2) is 0 Å². The second-order valence-electron chi connectivity index (χ2n) is 4.83. The first kappa shape index (κ1) is 15.7. The normalized spacial score (nSPS) is 12.3. The van der Waals surface area contributed by atoms with Gasteiger partial charge in [0, 0.05) is 17.7 Å². The number of hydrogen-bond donors (Lipinski definition) is 0. The van der Waals surface area contributed by atoms with E-state index in [1.807, 2.05) is 13.8 Å². The van der Waals surface area contributed by atoms with E-state index in [1.165, 1.54) is 0 Å². The molecule has 0 bridgehead atoms. The Balaban J connectivity index is 2.53. The van der Waals surface area contributed by atoms with Crippen molar-refractivity contribution in [3.8, 4) is 5.75 Å². The maximum atomic E-state index is 13.8. The van der Waals surface area contributed by atoms with E-state index in [4.69, 9.17) is 16.3 Å². The summed E-state index contributed by atoms with van der Waals surface area (Å²) in [6, 6.07) is 4.64. The van der Waals surface area contributed by atoms with E-state index in [1.54, 1.807) is 19.2 Å². The van der Waals surface area contributed by atoms with Crippen LogP contribution in [0.25, 0.3) is 0 Å². The Labute approximate surface area is 126 Å². The molecule has 0 amide bonds. The largest absolute Gasteiger partial charge is 0.496 e. The number of rotatable bonds is 3. The molecule has 0 aliphatic rings. The Morgan fingerprint density at radius 1 is 0.952 bits per heavy atom.